The molecular formula is C18H26ClN3O3. The number of piperazine rings is 1. The summed E-state index contributed by atoms with van der Waals surface area (Å²) in [5.74, 6) is 0.222. The molecule has 0 radical (unpaired) electrons. The molecule has 0 aliphatic carbocycles. The van der Waals surface area contributed by atoms with Crippen molar-refractivity contribution in [2.24, 2.45) is 0 Å². The van der Waals surface area contributed by atoms with Crippen LogP contribution in [0.15, 0.2) is 24.3 Å². The summed E-state index contributed by atoms with van der Waals surface area (Å²) in [5.41, 5.74) is 1.35. The molecule has 1 saturated heterocycles. The molecule has 25 heavy (non-hydrogen) atoms. The third-order valence-corrected chi connectivity index (χ3v) is 3.96. The van der Waals surface area contributed by atoms with Gasteiger partial charge in [-0.2, -0.15) is 0 Å². The van der Waals surface area contributed by atoms with Crippen LogP contribution in [0.4, 0.5) is 16.2 Å². The molecule has 2 rings (SSSR count). The Morgan fingerprint density at radius 3 is 2.24 bits per heavy atom. The van der Waals surface area contributed by atoms with Gasteiger partial charge in [-0.25, -0.2) is 4.79 Å². The van der Waals surface area contributed by atoms with Crippen LogP contribution in [-0.4, -0.2) is 54.6 Å². The van der Waals surface area contributed by atoms with E-state index >= 15 is 0 Å². The fourth-order valence-electron chi connectivity index (χ4n) is 2.54. The van der Waals surface area contributed by atoms with Crippen molar-refractivity contribution in [3.05, 3.63) is 24.3 Å². The average molecular weight is 368 g/mol. The fourth-order valence-corrected chi connectivity index (χ4v) is 2.71. The highest BCUT2D eigenvalue weighted by molar-refractivity contribution is 6.19. The summed E-state index contributed by atoms with van der Waals surface area (Å²) in [7, 11) is 0. The molecule has 1 aliphatic heterocycles. The van der Waals surface area contributed by atoms with Gasteiger partial charge in [-0.15, -0.1) is 11.6 Å². The second-order valence-corrected chi connectivity index (χ2v) is 7.37. The van der Waals surface area contributed by atoms with Crippen molar-refractivity contribution in [3.8, 4) is 0 Å². The highest BCUT2D eigenvalue weighted by Gasteiger charge is 2.25. The summed E-state index contributed by atoms with van der Waals surface area (Å²) in [6.07, 6.45) is 0.0418. The van der Waals surface area contributed by atoms with Gasteiger partial charge in [0, 0.05) is 49.9 Å². The number of carbonyl (C=O) groups is 2. The third kappa shape index (κ3) is 6.12. The molecule has 1 aromatic rings. The van der Waals surface area contributed by atoms with E-state index in [2.05, 4.69) is 10.2 Å². The van der Waals surface area contributed by atoms with Crippen molar-refractivity contribution >= 4 is 35.0 Å². The van der Waals surface area contributed by atoms with Gasteiger partial charge in [-0.1, -0.05) is 0 Å². The van der Waals surface area contributed by atoms with Gasteiger partial charge in [0.25, 0.3) is 0 Å². The largest absolute Gasteiger partial charge is 0.444 e. The molecular weight excluding hydrogens is 342 g/mol. The Hall–Kier alpha value is -1.95. The minimum Gasteiger partial charge on any atom is -0.444 e. The van der Waals surface area contributed by atoms with Gasteiger partial charge in [-0.3, -0.25) is 4.79 Å². The van der Waals surface area contributed by atoms with Crippen LogP contribution in [0, 0.1) is 0 Å². The standard InChI is InChI=1S/C18H26ClN3O3/c1-18(2,3)25-17(24)22-12-10-21(11-13-22)15-6-4-14(5-7-15)20-16(23)8-9-19/h4-7H,8-13H2,1-3H3,(H,20,23). The molecule has 0 saturated carbocycles. The minimum absolute atomic E-state index is 0.0891. The first kappa shape index (κ1) is 19.4. The summed E-state index contributed by atoms with van der Waals surface area (Å²) in [6.45, 7) is 8.36. The number of amides is 2. The fraction of sp³-hybridized carbons (Fsp3) is 0.556. The number of carbonyl (C=O) groups excluding carboxylic acids is 2. The molecule has 0 spiro atoms. The maximum atomic E-state index is 12.1. The Labute approximate surface area is 154 Å². The van der Waals surface area contributed by atoms with Gasteiger partial charge in [0.15, 0.2) is 0 Å². The van der Waals surface area contributed by atoms with E-state index in [1.807, 2.05) is 45.0 Å². The van der Waals surface area contributed by atoms with E-state index in [0.717, 1.165) is 24.5 Å². The summed E-state index contributed by atoms with van der Waals surface area (Å²) >= 11 is 5.55. The van der Waals surface area contributed by atoms with Gasteiger partial charge in [0.2, 0.25) is 5.91 Å². The summed E-state index contributed by atoms with van der Waals surface area (Å²) in [5, 5.41) is 2.81. The SMILES string of the molecule is CC(C)(C)OC(=O)N1CCN(c2ccc(NC(=O)CCCl)cc2)CC1. The topological polar surface area (TPSA) is 61.9 Å². The first-order chi connectivity index (χ1) is 11.8. The highest BCUT2D eigenvalue weighted by Crippen LogP contribution is 2.20. The number of anilines is 2. The zero-order valence-corrected chi connectivity index (χ0v) is 15.8. The number of rotatable bonds is 4. The van der Waals surface area contributed by atoms with Crippen LogP contribution < -0.4 is 10.2 Å². The molecule has 6 nitrogen and oxygen atoms in total. The Kier molecular flexibility index (Phi) is 6.53. The monoisotopic (exact) mass is 367 g/mol. The van der Waals surface area contributed by atoms with E-state index < -0.39 is 5.60 Å². The average Bonchev–Trinajstić information content (AvgIpc) is 2.54. The molecule has 7 heteroatoms. The quantitative estimate of drug-likeness (QED) is 0.829. The highest BCUT2D eigenvalue weighted by atomic mass is 35.5. The lowest BCUT2D eigenvalue weighted by Crippen LogP contribution is -2.50. The summed E-state index contributed by atoms with van der Waals surface area (Å²) < 4.78 is 5.41. The van der Waals surface area contributed by atoms with Crippen LogP contribution >= 0.6 is 11.6 Å². The third-order valence-electron chi connectivity index (χ3n) is 3.77. The van der Waals surface area contributed by atoms with E-state index in [1.165, 1.54) is 0 Å². The van der Waals surface area contributed by atoms with Crippen molar-refractivity contribution in [1.82, 2.24) is 4.90 Å². The number of alkyl halides is 1. The number of benzene rings is 1. The van der Waals surface area contributed by atoms with Crippen molar-refractivity contribution in [1.29, 1.82) is 0 Å². The van der Waals surface area contributed by atoms with Gasteiger partial charge < -0.3 is 19.9 Å². The van der Waals surface area contributed by atoms with Crippen LogP contribution in [0.25, 0.3) is 0 Å². The zero-order chi connectivity index (χ0) is 18.4. The predicted octanol–water partition coefficient (Wildman–Crippen LogP) is 3.31. The van der Waals surface area contributed by atoms with Gasteiger partial charge in [0.05, 0.1) is 0 Å². The van der Waals surface area contributed by atoms with Crippen LogP contribution in [0.5, 0.6) is 0 Å². The first-order valence-electron chi connectivity index (χ1n) is 8.47. The molecule has 1 heterocycles. The van der Waals surface area contributed by atoms with E-state index in [9.17, 15) is 9.59 Å². The van der Waals surface area contributed by atoms with Crippen molar-refractivity contribution in [3.63, 3.8) is 0 Å². The Morgan fingerprint density at radius 2 is 1.72 bits per heavy atom. The normalized spacial score (nSPS) is 15.0. The first-order valence-corrected chi connectivity index (χ1v) is 9.01. The van der Waals surface area contributed by atoms with Crippen molar-refractivity contribution in [2.45, 2.75) is 32.8 Å². The Balaban J connectivity index is 1.86. The molecule has 1 aromatic carbocycles. The lowest BCUT2D eigenvalue weighted by molar-refractivity contribution is -0.115. The van der Waals surface area contributed by atoms with Crippen LogP contribution in [0.2, 0.25) is 0 Å². The maximum Gasteiger partial charge on any atom is 0.410 e. The molecule has 1 N–H and O–H groups in total. The molecule has 1 fully saturated rings. The Morgan fingerprint density at radius 1 is 1.12 bits per heavy atom. The van der Waals surface area contributed by atoms with Gasteiger partial charge >= 0.3 is 6.09 Å². The maximum absolute atomic E-state index is 12.1. The molecule has 138 valence electrons. The van der Waals surface area contributed by atoms with E-state index in [-0.39, 0.29) is 12.0 Å². The minimum atomic E-state index is -0.474. The van der Waals surface area contributed by atoms with E-state index in [1.54, 1.807) is 4.90 Å². The number of ether oxygens (including phenoxy) is 1. The number of hydrogen-bond acceptors (Lipinski definition) is 4. The van der Waals surface area contributed by atoms with Crippen LogP contribution in [0.1, 0.15) is 27.2 Å². The number of nitrogens with one attached hydrogen (secondary N) is 1. The predicted molar refractivity (Wildman–Crippen MR) is 100 cm³/mol. The van der Waals surface area contributed by atoms with E-state index in [0.29, 0.717) is 25.4 Å². The number of hydrogen-bond donors (Lipinski definition) is 1. The van der Waals surface area contributed by atoms with Gasteiger partial charge in [-0.05, 0) is 45.0 Å². The lowest BCUT2D eigenvalue weighted by atomic mass is 10.2. The summed E-state index contributed by atoms with van der Waals surface area (Å²) in [4.78, 5) is 27.6. The molecule has 0 unspecified atom stereocenters. The Bertz CT molecular complexity index is 591. The van der Waals surface area contributed by atoms with Gasteiger partial charge in [0.1, 0.15) is 5.60 Å². The van der Waals surface area contributed by atoms with Crippen LogP contribution in [0.3, 0.4) is 0 Å². The number of halogens is 1. The molecule has 1 aliphatic rings. The molecule has 2 amide bonds. The smallest absolute Gasteiger partial charge is 0.410 e. The molecule has 0 bridgehead atoms. The van der Waals surface area contributed by atoms with E-state index in [4.69, 9.17) is 16.3 Å². The van der Waals surface area contributed by atoms with Crippen LogP contribution in [-0.2, 0) is 9.53 Å². The van der Waals surface area contributed by atoms with Crippen molar-refractivity contribution in [2.75, 3.05) is 42.3 Å². The molecule has 0 atom stereocenters. The molecule has 0 aromatic heterocycles. The summed E-state index contributed by atoms with van der Waals surface area (Å²) in [6, 6.07) is 7.70. The lowest BCUT2D eigenvalue weighted by Gasteiger charge is -2.36. The van der Waals surface area contributed by atoms with Crippen molar-refractivity contribution < 1.29 is 14.3 Å². The number of nitrogens with zero attached hydrogens (tertiary/aromatic N) is 2. The zero-order valence-electron chi connectivity index (χ0n) is 15.0. The second-order valence-electron chi connectivity index (χ2n) is 6.99. The second kappa shape index (κ2) is 8.43.